The van der Waals surface area contributed by atoms with Gasteiger partial charge in [-0.05, 0) is 29.3 Å². The van der Waals surface area contributed by atoms with Crippen molar-refractivity contribution in [2.45, 2.75) is 0 Å². The van der Waals surface area contributed by atoms with Crippen LogP contribution in [0.15, 0.2) is 66.7 Å². The smallest absolute Gasteiger partial charge is 0.189 e. The van der Waals surface area contributed by atoms with Gasteiger partial charge in [0, 0.05) is 27.7 Å². The summed E-state index contributed by atoms with van der Waals surface area (Å²) in [5.41, 5.74) is 2.89. The van der Waals surface area contributed by atoms with E-state index in [-0.39, 0.29) is 12.4 Å². The van der Waals surface area contributed by atoms with Crippen LogP contribution in [0.1, 0.15) is 11.1 Å². The van der Waals surface area contributed by atoms with Gasteiger partial charge in [0.2, 0.25) is 0 Å². The van der Waals surface area contributed by atoms with E-state index in [1.165, 1.54) is 11.8 Å². The van der Waals surface area contributed by atoms with Gasteiger partial charge < -0.3 is 5.11 Å². The lowest BCUT2D eigenvalue weighted by Crippen LogP contribution is -2.07. The average Bonchev–Trinajstić information content (AvgIpc) is 2.61. The second kappa shape index (κ2) is 9.48. The molecule has 0 spiro atoms. The normalized spacial score (nSPS) is 11.3. The number of allylic oxidation sites excluding steroid dienone is 1. The highest BCUT2D eigenvalue weighted by Gasteiger charge is 2.15. The molecule has 0 aliphatic rings. The predicted octanol–water partition coefficient (Wildman–Crippen LogP) is 4.73. The Labute approximate surface area is 151 Å². The molecule has 0 radical (unpaired) electrons. The van der Waals surface area contributed by atoms with Gasteiger partial charge in [-0.25, -0.2) is 0 Å². The van der Waals surface area contributed by atoms with Crippen molar-refractivity contribution >= 4 is 40.8 Å². The largest absolute Gasteiger partial charge is 0.396 e. The van der Waals surface area contributed by atoms with E-state index in [0.29, 0.717) is 27.7 Å². The molecule has 0 aliphatic carbocycles. The first kappa shape index (κ1) is 18.5. The van der Waals surface area contributed by atoms with Gasteiger partial charge in [0.05, 0.1) is 6.61 Å². The summed E-state index contributed by atoms with van der Waals surface area (Å²) in [5, 5.41) is 9.52. The lowest BCUT2D eigenvalue weighted by atomic mass is 9.96. The number of carbonyl (C=O) groups excluding carboxylic acids is 1. The Hall–Kier alpha value is -1.81. The van der Waals surface area contributed by atoms with E-state index in [1.54, 1.807) is 12.1 Å². The maximum absolute atomic E-state index is 12.8. The molecule has 2 aromatic carbocycles. The highest BCUT2D eigenvalue weighted by molar-refractivity contribution is 7.99. The maximum atomic E-state index is 12.8. The number of rotatable bonds is 8. The quantitative estimate of drug-likeness (QED) is 0.421. The van der Waals surface area contributed by atoms with E-state index in [2.05, 4.69) is 6.58 Å². The van der Waals surface area contributed by atoms with Crippen LogP contribution in [0.5, 0.6) is 0 Å². The third-order valence-corrected chi connectivity index (χ3v) is 4.62. The summed E-state index contributed by atoms with van der Waals surface area (Å²) in [7, 11) is 0. The number of ketones is 1. The number of thioether (sulfide) groups is 1. The molecular formula is C20H19ClO2S. The van der Waals surface area contributed by atoms with Crippen molar-refractivity contribution in [2.24, 2.45) is 0 Å². The molecule has 124 valence electrons. The Kier molecular flexibility index (Phi) is 7.32. The summed E-state index contributed by atoms with van der Waals surface area (Å²) in [6.07, 6.45) is 1.86. The van der Waals surface area contributed by atoms with E-state index in [4.69, 9.17) is 16.7 Å². The minimum Gasteiger partial charge on any atom is -0.396 e. The first-order valence-electron chi connectivity index (χ1n) is 7.55. The fraction of sp³-hybridized carbons (Fsp3) is 0.150. The van der Waals surface area contributed by atoms with Crippen LogP contribution < -0.4 is 0 Å². The molecule has 4 heteroatoms. The SMILES string of the molecule is C=C(CSCCO)C(=O)/C(=C/c1ccc(Cl)cc1)c1ccccc1. The number of carbonyl (C=O) groups is 1. The van der Waals surface area contributed by atoms with E-state index in [1.807, 2.05) is 48.5 Å². The van der Waals surface area contributed by atoms with Gasteiger partial charge in [-0.2, -0.15) is 11.8 Å². The van der Waals surface area contributed by atoms with Gasteiger partial charge >= 0.3 is 0 Å². The zero-order valence-electron chi connectivity index (χ0n) is 13.2. The molecular weight excluding hydrogens is 340 g/mol. The summed E-state index contributed by atoms with van der Waals surface area (Å²) in [5.74, 6) is 1.01. The van der Waals surface area contributed by atoms with Gasteiger partial charge in [0.1, 0.15) is 0 Å². The Morgan fingerprint density at radius 3 is 2.42 bits per heavy atom. The molecule has 0 atom stereocenters. The summed E-state index contributed by atoms with van der Waals surface area (Å²) in [6, 6.07) is 16.9. The van der Waals surface area contributed by atoms with Crippen LogP contribution in [-0.4, -0.2) is 29.0 Å². The van der Waals surface area contributed by atoms with Crippen molar-refractivity contribution in [1.82, 2.24) is 0 Å². The standard InChI is InChI=1S/C20H19ClO2S/c1-15(14-24-12-11-22)20(23)19(17-5-3-2-4-6-17)13-16-7-9-18(21)10-8-16/h2-10,13,22H,1,11-12,14H2/b19-13+. The summed E-state index contributed by atoms with van der Waals surface area (Å²) in [6.45, 7) is 4.01. The molecule has 0 aromatic heterocycles. The summed E-state index contributed by atoms with van der Waals surface area (Å²) < 4.78 is 0. The molecule has 0 aliphatic heterocycles. The lowest BCUT2D eigenvalue weighted by molar-refractivity contribution is -0.110. The van der Waals surface area contributed by atoms with Crippen molar-refractivity contribution in [2.75, 3.05) is 18.1 Å². The van der Waals surface area contributed by atoms with E-state index >= 15 is 0 Å². The third-order valence-electron chi connectivity index (χ3n) is 3.34. The number of hydrogen-bond donors (Lipinski definition) is 1. The molecule has 0 heterocycles. The molecule has 2 nitrogen and oxygen atoms in total. The number of Topliss-reactive ketones (excluding diaryl/α,β-unsaturated/α-hetero) is 1. The van der Waals surface area contributed by atoms with Crippen molar-refractivity contribution < 1.29 is 9.90 Å². The van der Waals surface area contributed by atoms with Crippen LogP contribution in [0.4, 0.5) is 0 Å². The number of halogens is 1. The van der Waals surface area contributed by atoms with Crippen molar-refractivity contribution in [1.29, 1.82) is 0 Å². The van der Waals surface area contributed by atoms with Gasteiger partial charge in [-0.3, -0.25) is 4.79 Å². The van der Waals surface area contributed by atoms with Crippen LogP contribution >= 0.6 is 23.4 Å². The van der Waals surface area contributed by atoms with Crippen LogP contribution in [0.3, 0.4) is 0 Å². The Bertz CT molecular complexity index is 721. The summed E-state index contributed by atoms with van der Waals surface area (Å²) in [4.78, 5) is 12.8. The van der Waals surface area contributed by atoms with Gasteiger partial charge in [0.25, 0.3) is 0 Å². The van der Waals surface area contributed by atoms with Gasteiger partial charge in [-0.15, -0.1) is 0 Å². The van der Waals surface area contributed by atoms with Gasteiger partial charge in [0.15, 0.2) is 5.78 Å². The van der Waals surface area contributed by atoms with Crippen molar-refractivity contribution in [3.63, 3.8) is 0 Å². The van der Waals surface area contributed by atoms with Crippen LogP contribution in [0.2, 0.25) is 5.02 Å². The molecule has 0 unspecified atom stereocenters. The lowest BCUT2D eigenvalue weighted by Gasteiger charge is -2.10. The second-order valence-corrected chi connectivity index (χ2v) is 6.73. The first-order valence-corrected chi connectivity index (χ1v) is 9.09. The average molecular weight is 359 g/mol. The maximum Gasteiger partial charge on any atom is 0.189 e. The monoisotopic (exact) mass is 358 g/mol. The zero-order chi connectivity index (χ0) is 17.4. The molecule has 0 saturated carbocycles. The van der Waals surface area contributed by atoms with Crippen LogP contribution in [0.25, 0.3) is 11.6 Å². The Morgan fingerprint density at radius 1 is 1.12 bits per heavy atom. The minimum atomic E-state index is -0.0819. The zero-order valence-corrected chi connectivity index (χ0v) is 14.8. The molecule has 0 amide bonds. The molecule has 24 heavy (non-hydrogen) atoms. The Balaban J connectivity index is 2.31. The molecule has 0 saturated heterocycles. The Morgan fingerprint density at radius 2 is 1.79 bits per heavy atom. The molecule has 0 fully saturated rings. The number of benzene rings is 2. The second-order valence-electron chi connectivity index (χ2n) is 5.18. The fourth-order valence-electron chi connectivity index (χ4n) is 2.14. The highest BCUT2D eigenvalue weighted by Crippen LogP contribution is 2.24. The highest BCUT2D eigenvalue weighted by atomic mass is 35.5. The van der Waals surface area contributed by atoms with E-state index in [0.717, 1.165) is 11.1 Å². The van der Waals surface area contributed by atoms with E-state index in [9.17, 15) is 4.79 Å². The number of aliphatic hydroxyl groups is 1. The molecule has 0 bridgehead atoms. The van der Waals surface area contributed by atoms with Crippen LogP contribution in [-0.2, 0) is 4.79 Å². The fourth-order valence-corrected chi connectivity index (χ4v) is 2.92. The van der Waals surface area contributed by atoms with E-state index < -0.39 is 0 Å². The molecule has 2 aromatic rings. The number of hydrogen-bond acceptors (Lipinski definition) is 3. The minimum absolute atomic E-state index is 0.0819. The predicted molar refractivity (Wildman–Crippen MR) is 104 cm³/mol. The first-order chi connectivity index (χ1) is 11.6. The van der Waals surface area contributed by atoms with Crippen LogP contribution in [0, 0.1) is 0 Å². The molecule has 1 N–H and O–H groups in total. The van der Waals surface area contributed by atoms with Crippen molar-refractivity contribution in [3.05, 3.63) is 82.9 Å². The topological polar surface area (TPSA) is 37.3 Å². The number of aliphatic hydroxyl groups excluding tert-OH is 1. The molecule has 2 rings (SSSR count). The summed E-state index contributed by atoms with van der Waals surface area (Å²) >= 11 is 7.42. The van der Waals surface area contributed by atoms with Gasteiger partial charge in [-0.1, -0.05) is 60.6 Å². The van der Waals surface area contributed by atoms with Crippen molar-refractivity contribution in [3.8, 4) is 0 Å². The third kappa shape index (κ3) is 5.38.